The van der Waals surface area contributed by atoms with Crippen molar-refractivity contribution in [3.63, 3.8) is 0 Å². The van der Waals surface area contributed by atoms with Gasteiger partial charge in [0.2, 0.25) is 0 Å². The molecule has 2 heteroatoms. The Kier molecular flexibility index (Phi) is 2.86. The van der Waals surface area contributed by atoms with Crippen molar-refractivity contribution >= 4 is 0 Å². The fourth-order valence-corrected chi connectivity index (χ4v) is 2.06. The van der Waals surface area contributed by atoms with Crippen LogP contribution in [0.25, 0.3) is 0 Å². The summed E-state index contributed by atoms with van der Waals surface area (Å²) in [5.41, 5.74) is 9.40. The summed E-state index contributed by atoms with van der Waals surface area (Å²) < 4.78 is 5.20. The van der Waals surface area contributed by atoms with Gasteiger partial charge < -0.3 is 10.5 Å². The first-order chi connectivity index (χ1) is 6.36. The maximum atomic E-state index is 6.11. The van der Waals surface area contributed by atoms with Gasteiger partial charge in [-0.1, -0.05) is 0 Å². The van der Waals surface area contributed by atoms with Crippen molar-refractivity contribution in [2.24, 2.45) is 5.73 Å². The Hall–Kier alpha value is -1.02. The van der Waals surface area contributed by atoms with E-state index in [1.807, 2.05) is 26.0 Å². The second kappa shape index (κ2) is 3.62. The fourth-order valence-electron chi connectivity index (χ4n) is 2.06. The highest BCUT2D eigenvalue weighted by Gasteiger charge is 2.19. The van der Waals surface area contributed by atoms with Gasteiger partial charge in [0, 0.05) is 5.54 Å². The minimum atomic E-state index is -0.291. The molecule has 14 heavy (non-hydrogen) atoms. The molecule has 0 saturated carbocycles. The van der Waals surface area contributed by atoms with Crippen molar-refractivity contribution in [3.8, 4) is 5.75 Å². The van der Waals surface area contributed by atoms with E-state index in [0.717, 1.165) is 5.75 Å². The van der Waals surface area contributed by atoms with E-state index in [0.29, 0.717) is 0 Å². The van der Waals surface area contributed by atoms with Crippen LogP contribution in [0.3, 0.4) is 0 Å². The van der Waals surface area contributed by atoms with Crippen LogP contribution in [-0.4, -0.2) is 7.11 Å². The number of ether oxygens (including phenoxy) is 1. The lowest BCUT2D eigenvalue weighted by atomic mass is 9.87. The number of rotatable bonds is 2. The smallest absolute Gasteiger partial charge is 0.119 e. The maximum Gasteiger partial charge on any atom is 0.119 e. The van der Waals surface area contributed by atoms with Crippen LogP contribution in [-0.2, 0) is 5.54 Å². The van der Waals surface area contributed by atoms with E-state index < -0.39 is 0 Å². The van der Waals surface area contributed by atoms with Gasteiger partial charge in [0.1, 0.15) is 5.75 Å². The molecule has 2 N–H and O–H groups in total. The van der Waals surface area contributed by atoms with E-state index >= 15 is 0 Å². The third-order valence-corrected chi connectivity index (χ3v) is 2.39. The van der Waals surface area contributed by atoms with Gasteiger partial charge in [-0.05, 0) is 56.5 Å². The Morgan fingerprint density at radius 2 is 1.57 bits per heavy atom. The summed E-state index contributed by atoms with van der Waals surface area (Å²) in [6.45, 7) is 8.18. The number of hydrogen-bond donors (Lipinski definition) is 1. The summed E-state index contributed by atoms with van der Waals surface area (Å²) in [4.78, 5) is 0. The number of nitrogens with two attached hydrogens (primary N) is 1. The zero-order valence-electron chi connectivity index (χ0n) is 9.64. The fraction of sp³-hybridized carbons (Fsp3) is 0.500. The van der Waals surface area contributed by atoms with Gasteiger partial charge in [-0.15, -0.1) is 0 Å². The first-order valence-electron chi connectivity index (χ1n) is 4.81. The van der Waals surface area contributed by atoms with Crippen LogP contribution in [0.4, 0.5) is 0 Å². The minimum absolute atomic E-state index is 0.291. The first-order valence-corrected chi connectivity index (χ1v) is 4.81. The zero-order valence-corrected chi connectivity index (χ0v) is 9.64. The third-order valence-electron chi connectivity index (χ3n) is 2.39. The Bertz CT molecular complexity index is 314. The highest BCUT2D eigenvalue weighted by Crippen LogP contribution is 2.28. The van der Waals surface area contributed by atoms with Gasteiger partial charge in [0.25, 0.3) is 0 Å². The second-order valence-electron chi connectivity index (χ2n) is 4.36. The van der Waals surface area contributed by atoms with Crippen LogP contribution < -0.4 is 10.5 Å². The van der Waals surface area contributed by atoms with Gasteiger partial charge >= 0.3 is 0 Å². The molecule has 78 valence electrons. The molecule has 0 unspecified atom stereocenters. The Morgan fingerprint density at radius 1 is 1.14 bits per heavy atom. The molecule has 0 heterocycles. The van der Waals surface area contributed by atoms with Crippen molar-refractivity contribution in [3.05, 3.63) is 28.8 Å². The molecule has 0 saturated heterocycles. The molecule has 2 nitrogen and oxygen atoms in total. The normalized spacial score (nSPS) is 11.6. The summed E-state index contributed by atoms with van der Waals surface area (Å²) >= 11 is 0. The number of benzene rings is 1. The predicted octanol–water partition coefficient (Wildman–Crippen LogP) is 2.51. The molecule has 0 aliphatic carbocycles. The lowest BCUT2D eigenvalue weighted by Gasteiger charge is -2.24. The third kappa shape index (κ3) is 2.07. The van der Waals surface area contributed by atoms with Crippen LogP contribution in [0.15, 0.2) is 12.1 Å². The van der Waals surface area contributed by atoms with E-state index in [1.165, 1.54) is 16.7 Å². The molecular weight excluding hydrogens is 174 g/mol. The Balaban J connectivity index is 3.33. The average molecular weight is 193 g/mol. The van der Waals surface area contributed by atoms with Crippen LogP contribution in [0, 0.1) is 13.8 Å². The lowest BCUT2D eigenvalue weighted by Crippen LogP contribution is -2.30. The van der Waals surface area contributed by atoms with E-state index in [4.69, 9.17) is 10.5 Å². The topological polar surface area (TPSA) is 35.2 Å². The molecule has 0 aromatic heterocycles. The van der Waals surface area contributed by atoms with Crippen LogP contribution in [0.2, 0.25) is 0 Å². The van der Waals surface area contributed by atoms with Crippen molar-refractivity contribution in [2.75, 3.05) is 7.11 Å². The largest absolute Gasteiger partial charge is 0.497 e. The van der Waals surface area contributed by atoms with E-state index in [1.54, 1.807) is 7.11 Å². The van der Waals surface area contributed by atoms with Gasteiger partial charge in [0.15, 0.2) is 0 Å². The molecule has 0 atom stereocenters. The van der Waals surface area contributed by atoms with Gasteiger partial charge in [-0.3, -0.25) is 0 Å². The number of hydrogen-bond acceptors (Lipinski definition) is 2. The molecule has 0 aliphatic heterocycles. The number of methoxy groups -OCH3 is 1. The monoisotopic (exact) mass is 193 g/mol. The first kappa shape index (κ1) is 11.1. The van der Waals surface area contributed by atoms with Gasteiger partial charge in [0.05, 0.1) is 7.11 Å². The summed E-state index contributed by atoms with van der Waals surface area (Å²) in [6, 6.07) is 4.05. The highest BCUT2D eigenvalue weighted by molar-refractivity contribution is 5.44. The van der Waals surface area contributed by atoms with Crippen LogP contribution >= 0.6 is 0 Å². The van der Waals surface area contributed by atoms with E-state index in [2.05, 4.69) is 13.8 Å². The Morgan fingerprint density at radius 3 is 1.86 bits per heavy atom. The van der Waals surface area contributed by atoms with Gasteiger partial charge in [-0.2, -0.15) is 0 Å². The van der Waals surface area contributed by atoms with E-state index in [-0.39, 0.29) is 5.54 Å². The molecule has 0 aliphatic rings. The minimum Gasteiger partial charge on any atom is -0.497 e. The zero-order chi connectivity index (χ0) is 10.9. The molecule has 1 rings (SSSR count). The second-order valence-corrected chi connectivity index (χ2v) is 4.36. The average Bonchev–Trinajstić information content (AvgIpc) is 1.99. The number of aryl methyl sites for hydroxylation is 2. The molecular formula is C12H19NO. The highest BCUT2D eigenvalue weighted by atomic mass is 16.5. The molecule has 0 amide bonds. The molecule has 0 spiro atoms. The molecule has 1 aromatic carbocycles. The van der Waals surface area contributed by atoms with Crippen LogP contribution in [0.1, 0.15) is 30.5 Å². The Labute approximate surface area is 86.1 Å². The summed E-state index contributed by atoms with van der Waals surface area (Å²) in [6.07, 6.45) is 0. The SMILES string of the molecule is COc1cc(C)c(C(C)(C)N)c(C)c1. The quantitative estimate of drug-likeness (QED) is 0.783. The predicted molar refractivity (Wildman–Crippen MR) is 59.7 cm³/mol. The molecule has 0 bridgehead atoms. The molecule has 0 fully saturated rings. The summed E-state index contributed by atoms with van der Waals surface area (Å²) in [5.74, 6) is 0.896. The standard InChI is InChI=1S/C12H19NO/c1-8-6-10(14-5)7-9(2)11(8)12(3,4)13/h6-7H,13H2,1-5H3. The van der Waals surface area contributed by atoms with Crippen LogP contribution in [0.5, 0.6) is 5.75 Å². The van der Waals surface area contributed by atoms with Crippen molar-refractivity contribution < 1.29 is 4.74 Å². The lowest BCUT2D eigenvalue weighted by molar-refractivity contribution is 0.413. The van der Waals surface area contributed by atoms with Crippen molar-refractivity contribution in [1.82, 2.24) is 0 Å². The molecule has 0 radical (unpaired) electrons. The van der Waals surface area contributed by atoms with Crippen molar-refractivity contribution in [2.45, 2.75) is 33.2 Å². The molecule has 1 aromatic rings. The maximum absolute atomic E-state index is 6.11. The summed E-state index contributed by atoms with van der Waals surface area (Å²) in [5, 5.41) is 0. The summed E-state index contributed by atoms with van der Waals surface area (Å²) in [7, 11) is 1.68. The van der Waals surface area contributed by atoms with E-state index in [9.17, 15) is 0 Å². The van der Waals surface area contributed by atoms with Gasteiger partial charge in [-0.25, -0.2) is 0 Å². The van der Waals surface area contributed by atoms with Crippen molar-refractivity contribution in [1.29, 1.82) is 0 Å².